The Morgan fingerprint density at radius 1 is 0.913 bits per heavy atom. The van der Waals surface area contributed by atoms with Crippen LogP contribution < -0.4 is 0 Å². The van der Waals surface area contributed by atoms with Crippen LogP contribution >= 0.6 is 0 Å². The quantitative estimate of drug-likeness (QED) is 0.284. The largest absolute Gasteiger partial charge is 0.462 e. The average Bonchev–Trinajstić information content (AvgIpc) is 2.33. The second kappa shape index (κ2) is 7.00. The van der Waals surface area contributed by atoms with Crippen LogP contribution in [0.1, 0.15) is 26.2 Å². The third-order valence-corrected chi connectivity index (χ3v) is 2.75. The van der Waals surface area contributed by atoms with Crippen LogP contribution in [0.2, 0.25) is 0 Å². The van der Waals surface area contributed by atoms with Crippen molar-refractivity contribution in [3.63, 3.8) is 0 Å². The van der Waals surface area contributed by atoms with Crippen molar-refractivity contribution in [2.75, 3.05) is 6.61 Å². The van der Waals surface area contributed by atoms with E-state index in [2.05, 4.69) is 11.3 Å². The van der Waals surface area contributed by atoms with Crippen LogP contribution in [0.3, 0.4) is 0 Å². The molecule has 0 aromatic carbocycles. The maximum absolute atomic E-state index is 13.2. The smallest absolute Gasteiger partial charge is 0.437 e. The van der Waals surface area contributed by atoms with Gasteiger partial charge in [-0.25, -0.2) is 18.0 Å². The number of carbonyl (C=O) groups is 1. The van der Waals surface area contributed by atoms with E-state index >= 15 is 0 Å². The Morgan fingerprint density at radius 3 is 1.70 bits per heavy atom. The molecule has 136 valence electrons. The highest BCUT2D eigenvalue weighted by molar-refractivity contribution is 5.86. The minimum atomic E-state index is -6.83. The number of carbonyl (C=O) groups excluding carboxylic acids is 1. The van der Waals surface area contributed by atoms with E-state index < -0.39 is 55.8 Å². The fourth-order valence-corrected chi connectivity index (χ4v) is 1.48. The maximum atomic E-state index is 13.2. The lowest BCUT2D eigenvalue weighted by molar-refractivity contribution is -0.397. The Morgan fingerprint density at radius 2 is 1.35 bits per heavy atom. The van der Waals surface area contributed by atoms with Crippen molar-refractivity contribution in [3.05, 3.63) is 12.2 Å². The Labute approximate surface area is 125 Å². The average molecular weight is 360 g/mol. The van der Waals surface area contributed by atoms with Gasteiger partial charge >= 0.3 is 24.0 Å². The highest BCUT2D eigenvalue weighted by Crippen LogP contribution is 2.55. The Bertz CT molecular complexity index is 423. The van der Waals surface area contributed by atoms with Gasteiger partial charge in [-0.05, 0) is 19.8 Å². The molecule has 0 aromatic rings. The van der Waals surface area contributed by atoms with Crippen molar-refractivity contribution in [3.8, 4) is 0 Å². The monoisotopic (exact) mass is 360 g/mol. The van der Waals surface area contributed by atoms with E-state index in [1.54, 1.807) is 0 Å². The van der Waals surface area contributed by atoms with E-state index in [0.29, 0.717) is 0 Å². The summed E-state index contributed by atoms with van der Waals surface area (Å²) in [6.07, 6.45) is -17.1. The number of halogens is 9. The molecule has 0 aromatic heterocycles. The zero-order valence-electron chi connectivity index (χ0n) is 11.8. The first-order valence-electron chi connectivity index (χ1n) is 6.10. The van der Waals surface area contributed by atoms with Gasteiger partial charge in [0.05, 0.1) is 6.61 Å². The highest BCUT2D eigenvalue weighted by atomic mass is 19.4. The summed E-state index contributed by atoms with van der Waals surface area (Å²) < 4.78 is 117. The molecule has 23 heavy (non-hydrogen) atoms. The van der Waals surface area contributed by atoms with Crippen molar-refractivity contribution in [1.82, 2.24) is 0 Å². The summed E-state index contributed by atoms with van der Waals surface area (Å²) in [6.45, 7) is 3.92. The fourth-order valence-electron chi connectivity index (χ4n) is 1.48. The predicted octanol–water partition coefficient (Wildman–Crippen LogP) is 4.74. The molecule has 0 N–H and O–H groups in total. The first-order chi connectivity index (χ1) is 10.1. The topological polar surface area (TPSA) is 26.3 Å². The summed E-state index contributed by atoms with van der Waals surface area (Å²) in [7, 11) is 0. The van der Waals surface area contributed by atoms with Crippen molar-refractivity contribution < 1.29 is 49.0 Å². The highest BCUT2D eigenvalue weighted by Gasteiger charge is 2.83. The second-order valence-corrected chi connectivity index (χ2v) is 4.73. The van der Waals surface area contributed by atoms with E-state index in [1.807, 2.05) is 0 Å². The summed E-state index contributed by atoms with van der Waals surface area (Å²) in [4.78, 5) is 10.9. The number of rotatable bonds is 7. The van der Waals surface area contributed by atoms with E-state index in [1.165, 1.54) is 6.92 Å². The van der Waals surface area contributed by atoms with Crippen LogP contribution in [0.4, 0.5) is 39.5 Å². The molecule has 0 bridgehead atoms. The fraction of sp³-hybridized carbons (Fsp3) is 0.750. The molecule has 2 nitrogen and oxygen atoms in total. The molecule has 0 spiro atoms. The zero-order valence-corrected chi connectivity index (χ0v) is 11.8. The van der Waals surface area contributed by atoms with Gasteiger partial charge in [-0.2, -0.15) is 26.3 Å². The van der Waals surface area contributed by atoms with Gasteiger partial charge in [-0.3, -0.25) is 0 Å². The summed E-state index contributed by atoms with van der Waals surface area (Å²) >= 11 is 0. The molecule has 0 amide bonds. The van der Waals surface area contributed by atoms with E-state index in [9.17, 15) is 44.3 Å². The number of alkyl halides is 9. The van der Waals surface area contributed by atoms with Gasteiger partial charge in [0.25, 0.3) is 5.92 Å². The van der Waals surface area contributed by atoms with Crippen LogP contribution in [0.5, 0.6) is 0 Å². The van der Waals surface area contributed by atoms with Gasteiger partial charge in [0.15, 0.2) is 0 Å². The van der Waals surface area contributed by atoms with Crippen molar-refractivity contribution in [2.24, 2.45) is 0 Å². The molecule has 0 aliphatic carbocycles. The van der Waals surface area contributed by atoms with Crippen LogP contribution in [0, 0.1) is 0 Å². The Kier molecular flexibility index (Phi) is 6.56. The van der Waals surface area contributed by atoms with Gasteiger partial charge in [-0.1, -0.05) is 6.58 Å². The lowest BCUT2D eigenvalue weighted by atomic mass is 9.92. The molecule has 0 radical (unpaired) electrons. The van der Waals surface area contributed by atoms with Crippen LogP contribution in [0.15, 0.2) is 12.2 Å². The number of hydrogen-bond acceptors (Lipinski definition) is 2. The van der Waals surface area contributed by atoms with Crippen molar-refractivity contribution >= 4 is 5.97 Å². The molecule has 0 atom stereocenters. The first-order valence-corrected chi connectivity index (χ1v) is 6.10. The normalized spacial score (nSPS) is 13.8. The number of unbranched alkanes of at least 4 members (excludes halogenated alkanes) is 1. The summed E-state index contributed by atoms with van der Waals surface area (Å²) in [5.41, 5.74) is -6.69. The Balaban J connectivity index is 4.84. The predicted molar refractivity (Wildman–Crippen MR) is 60.5 cm³/mol. The molecular weight excluding hydrogens is 347 g/mol. The summed E-state index contributed by atoms with van der Waals surface area (Å²) in [5, 5.41) is 0. The lowest BCUT2D eigenvalue weighted by Crippen LogP contribution is -2.64. The summed E-state index contributed by atoms with van der Waals surface area (Å²) in [6, 6.07) is 0. The molecule has 0 unspecified atom stereocenters. The number of esters is 1. The number of hydrogen-bond donors (Lipinski definition) is 0. The lowest BCUT2D eigenvalue weighted by Gasteiger charge is -2.36. The van der Waals surface area contributed by atoms with Crippen molar-refractivity contribution in [2.45, 2.75) is 50.1 Å². The van der Waals surface area contributed by atoms with Crippen molar-refractivity contribution in [1.29, 1.82) is 0 Å². The third kappa shape index (κ3) is 4.77. The van der Waals surface area contributed by atoms with E-state index in [-0.39, 0.29) is 5.57 Å². The molecule has 11 heteroatoms. The van der Waals surface area contributed by atoms with Gasteiger partial charge in [0, 0.05) is 12.0 Å². The second-order valence-electron chi connectivity index (χ2n) is 4.73. The molecule has 0 aliphatic rings. The third-order valence-electron chi connectivity index (χ3n) is 2.75. The molecular formula is C12H13F9O2. The minimum absolute atomic E-state index is 0.0350. The van der Waals surface area contributed by atoms with E-state index in [0.717, 1.165) is 0 Å². The van der Waals surface area contributed by atoms with Gasteiger partial charge in [0.2, 0.25) is 0 Å². The minimum Gasteiger partial charge on any atom is -0.462 e. The van der Waals surface area contributed by atoms with Crippen LogP contribution in [0.25, 0.3) is 0 Å². The molecule has 0 fully saturated rings. The molecule has 0 saturated carbocycles. The maximum Gasteiger partial charge on any atom is 0.437 e. The molecule has 0 aliphatic heterocycles. The Hall–Kier alpha value is -1.42. The van der Waals surface area contributed by atoms with Gasteiger partial charge < -0.3 is 4.74 Å². The summed E-state index contributed by atoms with van der Waals surface area (Å²) in [5.74, 6) is -6.62. The van der Waals surface area contributed by atoms with Crippen LogP contribution in [-0.2, 0) is 9.53 Å². The zero-order chi connectivity index (χ0) is 18.7. The molecule has 0 saturated heterocycles. The van der Waals surface area contributed by atoms with E-state index in [4.69, 9.17) is 0 Å². The van der Waals surface area contributed by atoms with Gasteiger partial charge in [0.1, 0.15) is 0 Å². The molecule has 0 rings (SSSR count). The first kappa shape index (κ1) is 21.6. The standard InChI is InChI=1S/C12H13F9O2/c1-7(2)8(22)23-6-4-3-5-9(13,14)10(15,11(16,17)18)12(19,20)21/h1,3-6H2,2H3. The number of ether oxygens (including phenoxy) is 1. The van der Waals surface area contributed by atoms with Crippen LogP contribution in [-0.4, -0.2) is 36.5 Å². The SMILES string of the molecule is C=C(C)C(=O)OCCCCC(F)(F)C(F)(C(F)(F)F)C(F)(F)F. The molecule has 0 heterocycles. The van der Waals surface area contributed by atoms with Gasteiger partial charge in [-0.15, -0.1) is 0 Å².